The summed E-state index contributed by atoms with van der Waals surface area (Å²) in [5, 5.41) is 15.7. The first-order chi connectivity index (χ1) is 14.3. The van der Waals surface area contributed by atoms with Gasteiger partial charge in [-0.25, -0.2) is 0 Å². The van der Waals surface area contributed by atoms with Gasteiger partial charge in [0.1, 0.15) is 5.75 Å². The Kier molecular flexibility index (Phi) is 4.95. The highest BCUT2D eigenvalue weighted by Gasteiger charge is 2.17. The summed E-state index contributed by atoms with van der Waals surface area (Å²) in [6.07, 6.45) is 0. The van der Waals surface area contributed by atoms with Gasteiger partial charge in [-0.1, -0.05) is 62.4 Å². The number of aromatic amines is 1. The van der Waals surface area contributed by atoms with E-state index in [9.17, 15) is 4.79 Å². The number of carbonyl (C=O) groups is 1. The van der Waals surface area contributed by atoms with Crippen molar-refractivity contribution >= 4 is 16.7 Å². The molecule has 0 aliphatic heterocycles. The predicted molar refractivity (Wildman–Crippen MR) is 115 cm³/mol. The first-order valence-electron chi connectivity index (χ1n) is 9.65. The number of hydrogen-bond donors (Lipinski definition) is 2. The third-order valence-corrected chi connectivity index (χ3v) is 5.05. The van der Waals surface area contributed by atoms with Crippen LogP contribution in [0.1, 0.15) is 42.5 Å². The highest BCUT2D eigenvalue weighted by atomic mass is 16.5. The molecular formula is C23H23N5O2. The topological polar surface area (TPSA) is 107 Å². The first kappa shape index (κ1) is 19.6. The van der Waals surface area contributed by atoms with Crippen molar-refractivity contribution in [3.63, 3.8) is 0 Å². The number of nitrogens with zero attached hydrogens (tertiary/aromatic N) is 3. The number of primary amides is 1. The summed E-state index contributed by atoms with van der Waals surface area (Å²) in [7, 11) is 0. The lowest BCUT2D eigenvalue weighted by atomic mass is 9.85. The summed E-state index contributed by atoms with van der Waals surface area (Å²) in [6.45, 7) is 6.74. The van der Waals surface area contributed by atoms with Gasteiger partial charge in [0.2, 0.25) is 11.7 Å². The molecule has 152 valence electrons. The molecule has 7 heteroatoms. The molecular weight excluding hydrogens is 378 g/mol. The lowest BCUT2D eigenvalue weighted by Gasteiger charge is -2.20. The van der Waals surface area contributed by atoms with E-state index in [1.54, 1.807) is 12.1 Å². The van der Waals surface area contributed by atoms with Crippen molar-refractivity contribution in [3.05, 3.63) is 71.5 Å². The van der Waals surface area contributed by atoms with Gasteiger partial charge < -0.3 is 10.5 Å². The SMILES string of the molecule is CC(C)(C)c1ccc(-c2c(OCc3nn[nH]n3)ccc3cc(C(N)=O)ccc23)cc1. The average molecular weight is 401 g/mol. The smallest absolute Gasteiger partial charge is 0.248 e. The molecule has 1 heterocycles. The second-order valence-corrected chi connectivity index (χ2v) is 8.18. The Morgan fingerprint density at radius 3 is 2.47 bits per heavy atom. The Labute approximate surface area is 174 Å². The molecule has 1 aromatic heterocycles. The highest BCUT2D eigenvalue weighted by Crippen LogP contribution is 2.38. The zero-order valence-corrected chi connectivity index (χ0v) is 17.1. The lowest BCUT2D eigenvalue weighted by Crippen LogP contribution is -2.10. The Hall–Kier alpha value is -3.74. The third-order valence-electron chi connectivity index (χ3n) is 5.05. The Bertz CT molecular complexity index is 1190. The van der Waals surface area contributed by atoms with Crippen molar-refractivity contribution < 1.29 is 9.53 Å². The molecule has 0 saturated heterocycles. The van der Waals surface area contributed by atoms with Crippen LogP contribution in [0.2, 0.25) is 0 Å². The monoisotopic (exact) mass is 401 g/mol. The van der Waals surface area contributed by atoms with E-state index in [0.29, 0.717) is 17.1 Å². The molecule has 3 aromatic carbocycles. The number of nitrogens with one attached hydrogen (secondary N) is 1. The maximum absolute atomic E-state index is 11.6. The number of aromatic nitrogens is 4. The normalized spacial score (nSPS) is 11.6. The van der Waals surface area contributed by atoms with Gasteiger partial charge in [-0.05, 0) is 45.5 Å². The van der Waals surface area contributed by atoms with Gasteiger partial charge in [0.15, 0.2) is 6.61 Å². The highest BCUT2D eigenvalue weighted by molar-refractivity contribution is 6.04. The van der Waals surface area contributed by atoms with Crippen LogP contribution in [0.3, 0.4) is 0 Å². The maximum atomic E-state index is 11.6. The molecule has 0 spiro atoms. The molecule has 0 aliphatic carbocycles. The Morgan fingerprint density at radius 1 is 1.07 bits per heavy atom. The van der Waals surface area contributed by atoms with Crippen LogP contribution in [-0.2, 0) is 12.0 Å². The molecule has 4 aromatic rings. The van der Waals surface area contributed by atoms with Crippen LogP contribution >= 0.6 is 0 Å². The van der Waals surface area contributed by atoms with Crippen molar-refractivity contribution in [3.8, 4) is 16.9 Å². The number of fused-ring (bicyclic) bond motifs is 1. The van der Waals surface area contributed by atoms with E-state index in [2.05, 4.69) is 65.7 Å². The summed E-state index contributed by atoms with van der Waals surface area (Å²) in [5.74, 6) is 0.709. The number of benzene rings is 3. The zero-order chi connectivity index (χ0) is 21.3. The molecule has 0 radical (unpaired) electrons. The fourth-order valence-electron chi connectivity index (χ4n) is 3.40. The first-order valence-corrected chi connectivity index (χ1v) is 9.65. The molecule has 0 bridgehead atoms. The van der Waals surface area contributed by atoms with Crippen LogP contribution in [0.25, 0.3) is 21.9 Å². The van der Waals surface area contributed by atoms with Crippen LogP contribution < -0.4 is 10.5 Å². The molecule has 0 unspecified atom stereocenters. The average Bonchev–Trinajstić information content (AvgIpc) is 3.24. The van der Waals surface area contributed by atoms with Gasteiger partial charge in [-0.3, -0.25) is 4.79 Å². The Morgan fingerprint density at radius 2 is 1.83 bits per heavy atom. The lowest BCUT2D eigenvalue weighted by molar-refractivity contribution is 0.100. The minimum absolute atomic E-state index is 0.0611. The van der Waals surface area contributed by atoms with E-state index in [1.807, 2.05) is 18.2 Å². The standard InChI is InChI=1S/C23H23N5O2/c1-23(2,3)17-8-4-14(5-9-17)21-18-10-6-16(22(24)29)12-15(18)7-11-19(21)30-13-20-25-27-28-26-20/h4-12H,13H2,1-3H3,(H2,24,29)(H,25,26,27,28). The number of rotatable bonds is 5. The van der Waals surface area contributed by atoms with Crippen molar-refractivity contribution in [2.75, 3.05) is 0 Å². The Balaban J connectivity index is 1.83. The van der Waals surface area contributed by atoms with Crippen LogP contribution in [0.4, 0.5) is 0 Å². The molecule has 0 saturated carbocycles. The minimum Gasteiger partial charge on any atom is -0.485 e. The van der Waals surface area contributed by atoms with Gasteiger partial charge in [0.25, 0.3) is 0 Å². The summed E-state index contributed by atoms with van der Waals surface area (Å²) >= 11 is 0. The number of H-pyrrole nitrogens is 1. The number of tetrazole rings is 1. The summed E-state index contributed by atoms with van der Waals surface area (Å²) in [6, 6.07) is 17.7. The third kappa shape index (κ3) is 3.87. The van der Waals surface area contributed by atoms with E-state index < -0.39 is 5.91 Å². The number of nitrogens with two attached hydrogens (primary N) is 1. The fraction of sp³-hybridized carbons (Fsp3) is 0.217. The van der Waals surface area contributed by atoms with Crippen LogP contribution in [0, 0.1) is 0 Å². The van der Waals surface area contributed by atoms with Crippen molar-refractivity contribution in [2.24, 2.45) is 5.73 Å². The molecule has 1 amide bonds. The number of hydrogen-bond acceptors (Lipinski definition) is 5. The van der Waals surface area contributed by atoms with Gasteiger partial charge in [-0.2, -0.15) is 5.21 Å². The summed E-state index contributed by atoms with van der Waals surface area (Å²) in [5.41, 5.74) is 9.19. The van der Waals surface area contributed by atoms with Crippen LogP contribution in [-0.4, -0.2) is 26.5 Å². The largest absolute Gasteiger partial charge is 0.485 e. The van der Waals surface area contributed by atoms with Gasteiger partial charge in [-0.15, -0.1) is 10.2 Å². The quantitative estimate of drug-likeness (QED) is 0.526. The van der Waals surface area contributed by atoms with E-state index in [4.69, 9.17) is 10.5 Å². The second-order valence-electron chi connectivity index (χ2n) is 8.18. The second kappa shape index (κ2) is 7.59. The van der Waals surface area contributed by atoms with E-state index in [1.165, 1.54) is 5.56 Å². The molecule has 4 rings (SSSR count). The molecule has 30 heavy (non-hydrogen) atoms. The molecule has 0 fully saturated rings. The van der Waals surface area contributed by atoms with Crippen molar-refractivity contribution in [1.82, 2.24) is 20.6 Å². The van der Waals surface area contributed by atoms with Gasteiger partial charge >= 0.3 is 0 Å². The number of carbonyl (C=O) groups excluding carboxylic acids is 1. The number of amides is 1. The fourth-order valence-corrected chi connectivity index (χ4v) is 3.40. The summed E-state index contributed by atoms with van der Waals surface area (Å²) in [4.78, 5) is 11.6. The van der Waals surface area contributed by atoms with E-state index in [0.717, 1.165) is 21.9 Å². The van der Waals surface area contributed by atoms with Crippen molar-refractivity contribution in [1.29, 1.82) is 0 Å². The predicted octanol–water partition coefficient (Wildman–Crippen LogP) is 4.00. The van der Waals surface area contributed by atoms with Crippen molar-refractivity contribution in [2.45, 2.75) is 32.8 Å². The molecule has 0 aliphatic rings. The molecule has 7 nitrogen and oxygen atoms in total. The summed E-state index contributed by atoms with van der Waals surface area (Å²) < 4.78 is 6.04. The number of ether oxygens (including phenoxy) is 1. The van der Waals surface area contributed by atoms with E-state index >= 15 is 0 Å². The maximum Gasteiger partial charge on any atom is 0.248 e. The molecule has 3 N–H and O–H groups in total. The van der Waals surface area contributed by atoms with E-state index in [-0.39, 0.29) is 12.0 Å². The minimum atomic E-state index is -0.453. The van der Waals surface area contributed by atoms with Crippen LogP contribution in [0.15, 0.2) is 54.6 Å². The molecule has 0 atom stereocenters. The van der Waals surface area contributed by atoms with Crippen LogP contribution in [0.5, 0.6) is 5.75 Å². The van der Waals surface area contributed by atoms with Gasteiger partial charge in [0.05, 0.1) is 0 Å². The van der Waals surface area contributed by atoms with Gasteiger partial charge in [0, 0.05) is 11.1 Å². The zero-order valence-electron chi connectivity index (χ0n) is 17.1.